The molecular formula is C16H22N4O3. The van der Waals surface area contributed by atoms with Crippen LogP contribution in [0.15, 0.2) is 35.0 Å². The van der Waals surface area contributed by atoms with Gasteiger partial charge in [-0.15, -0.1) is 0 Å². The lowest BCUT2D eigenvalue weighted by molar-refractivity contribution is -0.122. The lowest BCUT2D eigenvalue weighted by Crippen LogP contribution is -2.44. The number of aromatic nitrogens is 2. The predicted molar refractivity (Wildman–Crippen MR) is 83.8 cm³/mol. The quantitative estimate of drug-likeness (QED) is 0.859. The van der Waals surface area contributed by atoms with Gasteiger partial charge in [0.15, 0.2) is 0 Å². The summed E-state index contributed by atoms with van der Waals surface area (Å²) in [5.41, 5.74) is 0. The first-order valence-corrected chi connectivity index (χ1v) is 7.84. The molecule has 1 fully saturated rings. The summed E-state index contributed by atoms with van der Waals surface area (Å²) in [7, 11) is 0. The molecule has 7 nitrogen and oxygen atoms in total. The van der Waals surface area contributed by atoms with Gasteiger partial charge in [-0.25, -0.2) is 0 Å². The maximum atomic E-state index is 12.1. The Labute approximate surface area is 135 Å². The van der Waals surface area contributed by atoms with E-state index in [9.17, 15) is 4.79 Å². The Kier molecular flexibility index (Phi) is 5.09. The molecule has 1 atom stereocenters. The first-order chi connectivity index (χ1) is 11.2. The first-order valence-electron chi connectivity index (χ1n) is 7.84. The minimum absolute atomic E-state index is 0.0224. The fourth-order valence-electron chi connectivity index (χ4n) is 2.74. The zero-order valence-corrected chi connectivity index (χ0v) is 13.3. The van der Waals surface area contributed by atoms with E-state index >= 15 is 0 Å². The number of rotatable bonds is 6. The number of carbonyl (C=O) groups is 1. The summed E-state index contributed by atoms with van der Waals surface area (Å²) in [4.78, 5) is 14.4. The van der Waals surface area contributed by atoms with Gasteiger partial charge in [0.05, 0.1) is 19.3 Å². The van der Waals surface area contributed by atoms with Crippen LogP contribution in [0.25, 0.3) is 0 Å². The zero-order chi connectivity index (χ0) is 16.1. The summed E-state index contributed by atoms with van der Waals surface area (Å²) in [5.74, 6) is 1.69. The molecule has 1 aliphatic heterocycles. The minimum atomic E-state index is -0.0600. The molecule has 0 saturated carbocycles. The van der Waals surface area contributed by atoms with Crippen LogP contribution in [-0.4, -0.2) is 53.4 Å². The number of amides is 1. The van der Waals surface area contributed by atoms with Crippen LogP contribution < -0.4 is 5.32 Å². The lowest BCUT2D eigenvalue weighted by atomic mass is 10.1. The molecule has 2 aromatic rings. The molecule has 0 spiro atoms. The largest absolute Gasteiger partial charge is 0.465 e. The Morgan fingerprint density at radius 2 is 2.22 bits per heavy atom. The summed E-state index contributed by atoms with van der Waals surface area (Å²) in [6, 6.07) is 5.76. The van der Waals surface area contributed by atoms with E-state index in [2.05, 4.69) is 15.3 Å². The number of carbonyl (C=O) groups excluding carboxylic acids is 1. The van der Waals surface area contributed by atoms with Crippen LogP contribution in [0.1, 0.15) is 17.6 Å². The van der Waals surface area contributed by atoms with Crippen molar-refractivity contribution in [3.63, 3.8) is 0 Å². The fourth-order valence-corrected chi connectivity index (χ4v) is 2.74. The zero-order valence-electron chi connectivity index (χ0n) is 13.3. The van der Waals surface area contributed by atoms with E-state index < -0.39 is 0 Å². The van der Waals surface area contributed by atoms with Gasteiger partial charge < -0.3 is 14.5 Å². The molecule has 0 aromatic carbocycles. The number of morpholine rings is 1. The molecule has 124 valence electrons. The number of aryl methyl sites for hydroxylation is 1. The second-order valence-corrected chi connectivity index (χ2v) is 5.62. The number of ether oxygens (including phenoxy) is 1. The summed E-state index contributed by atoms with van der Waals surface area (Å²) >= 11 is 0. The molecule has 0 unspecified atom stereocenters. The second kappa shape index (κ2) is 7.43. The van der Waals surface area contributed by atoms with Crippen molar-refractivity contribution in [1.82, 2.24) is 20.0 Å². The Morgan fingerprint density at radius 3 is 2.87 bits per heavy atom. The van der Waals surface area contributed by atoms with E-state index in [-0.39, 0.29) is 18.5 Å². The van der Waals surface area contributed by atoms with E-state index in [0.717, 1.165) is 24.6 Å². The van der Waals surface area contributed by atoms with Gasteiger partial charge in [0.1, 0.15) is 18.1 Å². The molecule has 0 bridgehead atoms. The number of hydrogen-bond donors (Lipinski definition) is 1. The third-order valence-corrected chi connectivity index (χ3v) is 3.93. The third kappa shape index (κ3) is 4.20. The van der Waals surface area contributed by atoms with Gasteiger partial charge in [0.2, 0.25) is 5.91 Å². The molecular weight excluding hydrogens is 296 g/mol. The SMILES string of the molecule is Cc1ccc([C@@H](CNC(=O)Cn2cccn2)N2CCOCC2)o1. The van der Waals surface area contributed by atoms with E-state index in [1.54, 1.807) is 23.1 Å². The molecule has 0 aliphatic carbocycles. The van der Waals surface area contributed by atoms with Crippen molar-refractivity contribution in [3.8, 4) is 0 Å². The van der Waals surface area contributed by atoms with Crippen LogP contribution in [0.3, 0.4) is 0 Å². The highest BCUT2D eigenvalue weighted by atomic mass is 16.5. The molecule has 3 rings (SSSR count). The van der Waals surface area contributed by atoms with Crippen LogP contribution in [0.2, 0.25) is 0 Å². The van der Waals surface area contributed by atoms with E-state index in [1.165, 1.54) is 0 Å². The predicted octanol–water partition coefficient (Wildman–Crippen LogP) is 0.974. The number of furan rings is 1. The molecule has 1 saturated heterocycles. The molecule has 0 radical (unpaired) electrons. The van der Waals surface area contributed by atoms with Gasteiger partial charge in [-0.05, 0) is 25.1 Å². The van der Waals surface area contributed by atoms with Crippen molar-refractivity contribution in [2.75, 3.05) is 32.8 Å². The van der Waals surface area contributed by atoms with Gasteiger partial charge in [-0.3, -0.25) is 14.4 Å². The van der Waals surface area contributed by atoms with Crippen LogP contribution in [-0.2, 0) is 16.1 Å². The standard InChI is InChI=1S/C16H22N4O3/c1-13-3-4-15(23-13)14(19-7-9-22-10-8-19)11-17-16(21)12-20-6-2-5-18-20/h2-6,14H,7-12H2,1H3,(H,17,21)/t14-/m1/s1. The highest BCUT2D eigenvalue weighted by molar-refractivity contribution is 5.75. The maximum absolute atomic E-state index is 12.1. The van der Waals surface area contributed by atoms with Crippen LogP contribution >= 0.6 is 0 Å². The maximum Gasteiger partial charge on any atom is 0.241 e. The molecule has 3 heterocycles. The minimum Gasteiger partial charge on any atom is -0.465 e. The average Bonchev–Trinajstić information content (AvgIpc) is 3.21. The van der Waals surface area contributed by atoms with Crippen LogP contribution in [0, 0.1) is 6.92 Å². The molecule has 7 heteroatoms. The van der Waals surface area contributed by atoms with Gasteiger partial charge >= 0.3 is 0 Å². The summed E-state index contributed by atoms with van der Waals surface area (Å²) in [6.07, 6.45) is 3.43. The normalized spacial score (nSPS) is 17.1. The van der Waals surface area contributed by atoms with Crippen molar-refractivity contribution < 1.29 is 13.9 Å². The van der Waals surface area contributed by atoms with Crippen molar-refractivity contribution in [3.05, 3.63) is 42.1 Å². The molecule has 1 aliphatic rings. The highest BCUT2D eigenvalue weighted by Crippen LogP contribution is 2.23. The second-order valence-electron chi connectivity index (χ2n) is 5.62. The Bertz CT molecular complexity index is 617. The van der Waals surface area contributed by atoms with E-state index in [1.807, 2.05) is 19.1 Å². The topological polar surface area (TPSA) is 72.5 Å². The Morgan fingerprint density at radius 1 is 1.39 bits per heavy atom. The summed E-state index contributed by atoms with van der Waals surface area (Å²) in [5, 5.41) is 7.03. The Hall–Kier alpha value is -2.12. The third-order valence-electron chi connectivity index (χ3n) is 3.93. The van der Waals surface area contributed by atoms with Crippen LogP contribution in [0.4, 0.5) is 0 Å². The Balaban J connectivity index is 1.62. The number of hydrogen-bond acceptors (Lipinski definition) is 5. The van der Waals surface area contributed by atoms with Crippen molar-refractivity contribution in [2.45, 2.75) is 19.5 Å². The smallest absolute Gasteiger partial charge is 0.241 e. The summed E-state index contributed by atoms with van der Waals surface area (Å²) < 4.78 is 12.8. The van der Waals surface area contributed by atoms with Crippen LogP contribution in [0.5, 0.6) is 0 Å². The lowest BCUT2D eigenvalue weighted by Gasteiger charge is -2.33. The number of nitrogens with zero attached hydrogens (tertiary/aromatic N) is 3. The van der Waals surface area contributed by atoms with Gasteiger partial charge in [0.25, 0.3) is 0 Å². The summed E-state index contributed by atoms with van der Waals surface area (Å²) in [6.45, 7) is 5.73. The van der Waals surface area contributed by atoms with E-state index in [0.29, 0.717) is 19.8 Å². The van der Waals surface area contributed by atoms with Gasteiger partial charge in [0, 0.05) is 32.0 Å². The average molecular weight is 318 g/mol. The molecule has 23 heavy (non-hydrogen) atoms. The van der Waals surface area contributed by atoms with E-state index in [4.69, 9.17) is 9.15 Å². The molecule has 1 N–H and O–H groups in total. The monoisotopic (exact) mass is 318 g/mol. The number of nitrogens with one attached hydrogen (secondary N) is 1. The van der Waals surface area contributed by atoms with Crippen molar-refractivity contribution in [1.29, 1.82) is 0 Å². The fraction of sp³-hybridized carbons (Fsp3) is 0.500. The van der Waals surface area contributed by atoms with Crippen molar-refractivity contribution >= 4 is 5.91 Å². The molecule has 1 amide bonds. The van der Waals surface area contributed by atoms with Crippen molar-refractivity contribution in [2.24, 2.45) is 0 Å². The molecule has 2 aromatic heterocycles. The van der Waals surface area contributed by atoms with Gasteiger partial charge in [-0.2, -0.15) is 5.10 Å². The van der Waals surface area contributed by atoms with Gasteiger partial charge in [-0.1, -0.05) is 0 Å². The first kappa shape index (κ1) is 15.8. The highest BCUT2D eigenvalue weighted by Gasteiger charge is 2.25.